The molecule has 1 spiro atoms. The quantitative estimate of drug-likeness (QED) is 0.826. The van der Waals surface area contributed by atoms with Gasteiger partial charge in [0.05, 0.1) is 21.7 Å². The molecule has 1 fully saturated rings. The van der Waals surface area contributed by atoms with E-state index in [1.807, 2.05) is 0 Å². The third-order valence-corrected chi connectivity index (χ3v) is 6.80. The van der Waals surface area contributed by atoms with Crippen molar-refractivity contribution in [3.63, 3.8) is 0 Å². The van der Waals surface area contributed by atoms with Crippen LogP contribution >= 0.6 is 23.2 Å². The van der Waals surface area contributed by atoms with E-state index in [1.165, 1.54) is 0 Å². The molecule has 1 aliphatic heterocycles. The Hall–Kier alpha value is -0.790. The van der Waals surface area contributed by atoms with Crippen molar-refractivity contribution in [1.82, 2.24) is 4.72 Å². The molecule has 2 aliphatic rings. The fraction of sp³-hybridized carbons (Fsp3) is 0.467. The van der Waals surface area contributed by atoms with Crippen LogP contribution in [0, 0.1) is 0 Å². The maximum atomic E-state index is 12.6. The smallest absolute Gasteiger partial charge is 0.245 e. The van der Waals surface area contributed by atoms with E-state index in [0.29, 0.717) is 25.7 Å². The Bertz CT molecular complexity index is 747. The van der Waals surface area contributed by atoms with Crippen molar-refractivity contribution >= 4 is 38.1 Å². The number of methoxy groups -OCH3 is 1. The van der Waals surface area contributed by atoms with Crippen LogP contribution in [0.4, 0.5) is 0 Å². The monoisotopic (exact) mass is 377 g/mol. The van der Waals surface area contributed by atoms with E-state index in [-0.39, 0.29) is 32.4 Å². The van der Waals surface area contributed by atoms with Crippen molar-refractivity contribution in [1.29, 1.82) is 0 Å². The van der Waals surface area contributed by atoms with Crippen LogP contribution in [0.3, 0.4) is 0 Å². The molecule has 0 bridgehead atoms. The van der Waals surface area contributed by atoms with Crippen LogP contribution in [0.25, 0.3) is 4.91 Å². The standard InChI is InChI=1S/C15H17Cl2NO4S/c1-22-9-5-7-15(8-6-9)14(19)13(23(20,21)18-15)12-10(16)3-2-4-11(12)17/h2-4,9,18-19H,5-8H2,1H3. The fourth-order valence-corrected chi connectivity index (χ4v) is 5.88. The molecule has 1 aliphatic carbocycles. The van der Waals surface area contributed by atoms with Crippen molar-refractivity contribution in [2.24, 2.45) is 0 Å². The van der Waals surface area contributed by atoms with Gasteiger partial charge in [-0.3, -0.25) is 0 Å². The Morgan fingerprint density at radius 2 is 1.83 bits per heavy atom. The molecule has 3 rings (SSSR count). The van der Waals surface area contributed by atoms with Crippen LogP contribution < -0.4 is 4.72 Å². The minimum Gasteiger partial charge on any atom is -0.509 e. The van der Waals surface area contributed by atoms with Crippen LogP contribution in [0.1, 0.15) is 31.2 Å². The minimum absolute atomic E-state index is 0.0749. The Morgan fingerprint density at radius 3 is 2.35 bits per heavy atom. The van der Waals surface area contributed by atoms with Gasteiger partial charge in [0.2, 0.25) is 10.0 Å². The molecule has 0 unspecified atom stereocenters. The summed E-state index contributed by atoms with van der Waals surface area (Å²) in [5.74, 6) is -0.206. The van der Waals surface area contributed by atoms with Gasteiger partial charge in [-0.25, -0.2) is 8.42 Å². The molecule has 0 saturated heterocycles. The third kappa shape index (κ3) is 2.76. The molecule has 23 heavy (non-hydrogen) atoms. The second-order valence-electron chi connectivity index (χ2n) is 5.90. The highest BCUT2D eigenvalue weighted by Gasteiger charge is 2.51. The number of aliphatic hydroxyl groups is 1. The zero-order chi connectivity index (χ0) is 16.8. The Labute approximate surface area is 145 Å². The van der Waals surface area contributed by atoms with Gasteiger partial charge in [-0.2, -0.15) is 4.72 Å². The maximum absolute atomic E-state index is 12.6. The molecule has 126 valence electrons. The van der Waals surface area contributed by atoms with Crippen LogP contribution in [-0.2, 0) is 14.8 Å². The molecule has 0 amide bonds. The summed E-state index contributed by atoms with van der Waals surface area (Å²) in [4.78, 5) is -0.219. The van der Waals surface area contributed by atoms with Gasteiger partial charge in [0.25, 0.3) is 0 Å². The minimum atomic E-state index is -3.90. The summed E-state index contributed by atoms with van der Waals surface area (Å²) in [5.41, 5.74) is -0.849. The second kappa shape index (κ2) is 5.93. The third-order valence-electron chi connectivity index (χ3n) is 4.58. The van der Waals surface area contributed by atoms with E-state index in [9.17, 15) is 13.5 Å². The lowest BCUT2D eigenvalue weighted by Gasteiger charge is -2.35. The van der Waals surface area contributed by atoms with Crippen molar-refractivity contribution in [2.45, 2.75) is 37.3 Å². The first-order valence-electron chi connectivity index (χ1n) is 7.25. The van der Waals surface area contributed by atoms with Gasteiger partial charge < -0.3 is 9.84 Å². The van der Waals surface area contributed by atoms with E-state index in [0.717, 1.165) is 0 Å². The van der Waals surface area contributed by atoms with Gasteiger partial charge in [0.15, 0.2) is 0 Å². The van der Waals surface area contributed by atoms with Gasteiger partial charge in [-0.05, 0) is 37.8 Å². The SMILES string of the molecule is COC1CCC2(CC1)NS(=O)(=O)C(c1c(Cl)cccc1Cl)=C2O. The first-order chi connectivity index (χ1) is 10.8. The Balaban J connectivity index is 2.12. The van der Waals surface area contributed by atoms with Gasteiger partial charge >= 0.3 is 0 Å². The summed E-state index contributed by atoms with van der Waals surface area (Å²) in [7, 11) is -2.27. The van der Waals surface area contributed by atoms with E-state index >= 15 is 0 Å². The van der Waals surface area contributed by atoms with Crippen LogP contribution in [-0.4, -0.2) is 32.3 Å². The lowest BCUT2D eigenvalue weighted by Crippen LogP contribution is -2.48. The number of halogens is 2. The average molecular weight is 378 g/mol. The van der Waals surface area contributed by atoms with Crippen molar-refractivity contribution < 1.29 is 18.3 Å². The molecule has 5 nitrogen and oxygen atoms in total. The largest absolute Gasteiger partial charge is 0.509 e. The molecule has 8 heteroatoms. The second-order valence-corrected chi connectivity index (χ2v) is 8.33. The van der Waals surface area contributed by atoms with Crippen LogP contribution in [0.5, 0.6) is 0 Å². The lowest BCUT2D eigenvalue weighted by atomic mass is 9.79. The first kappa shape index (κ1) is 17.0. The number of hydrogen-bond donors (Lipinski definition) is 2. The molecule has 0 atom stereocenters. The fourth-order valence-electron chi connectivity index (χ4n) is 3.33. The summed E-state index contributed by atoms with van der Waals surface area (Å²) >= 11 is 12.3. The molecule has 0 radical (unpaired) electrons. The normalized spacial score (nSPS) is 30.1. The van der Waals surface area contributed by atoms with Crippen molar-refractivity contribution in [3.8, 4) is 0 Å². The van der Waals surface area contributed by atoms with Crippen LogP contribution in [0.15, 0.2) is 24.0 Å². The molecule has 0 aromatic heterocycles. The number of hydrogen-bond acceptors (Lipinski definition) is 4. The average Bonchev–Trinajstić information content (AvgIpc) is 2.68. The molecule has 1 saturated carbocycles. The summed E-state index contributed by atoms with van der Waals surface area (Å²) in [6.45, 7) is 0. The highest BCUT2D eigenvalue weighted by atomic mass is 35.5. The zero-order valence-electron chi connectivity index (χ0n) is 12.5. The number of rotatable bonds is 2. The van der Waals surface area contributed by atoms with E-state index in [1.54, 1.807) is 25.3 Å². The predicted molar refractivity (Wildman–Crippen MR) is 90.1 cm³/mol. The van der Waals surface area contributed by atoms with E-state index < -0.39 is 15.6 Å². The van der Waals surface area contributed by atoms with Gasteiger partial charge in [-0.1, -0.05) is 29.3 Å². The molecular weight excluding hydrogens is 361 g/mol. The number of nitrogens with one attached hydrogen (secondary N) is 1. The maximum Gasteiger partial charge on any atom is 0.245 e. The summed E-state index contributed by atoms with van der Waals surface area (Å²) in [6.07, 6.45) is 2.31. The van der Waals surface area contributed by atoms with Gasteiger partial charge in [-0.15, -0.1) is 0 Å². The molecule has 2 N–H and O–H groups in total. The first-order valence-corrected chi connectivity index (χ1v) is 9.49. The highest BCUT2D eigenvalue weighted by Crippen LogP contribution is 2.47. The number of sulfonamides is 1. The highest BCUT2D eigenvalue weighted by molar-refractivity contribution is 7.99. The van der Waals surface area contributed by atoms with Crippen LogP contribution in [0.2, 0.25) is 10.0 Å². The zero-order valence-corrected chi connectivity index (χ0v) is 14.8. The van der Waals surface area contributed by atoms with E-state index in [2.05, 4.69) is 4.72 Å². The van der Waals surface area contributed by atoms with Crippen molar-refractivity contribution in [2.75, 3.05) is 7.11 Å². The number of ether oxygens (including phenoxy) is 1. The molecule has 1 aromatic rings. The summed E-state index contributed by atoms with van der Waals surface area (Å²) in [5, 5.41) is 11.1. The predicted octanol–water partition coefficient (Wildman–Crippen LogP) is 3.48. The molecule has 1 heterocycles. The van der Waals surface area contributed by atoms with E-state index in [4.69, 9.17) is 27.9 Å². The lowest BCUT2D eigenvalue weighted by molar-refractivity contribution is 0.0466. The summed E-state index contributed by atoms with van der Waals surface area (Å²) in [6, 6.07) is 4.72. The Morgan fingerprint density at radius 1 is 1.26 bits per heavy atom. The van der Waals surface area contributed by atoms with Gasteiger partial charge in [0, 0.05) is 12.7 Å². The van der Waals surface area contributed by atoms with Crippen molar-refractivity contribution in [3.05, 3.63) is 39.6 Å². The molecule has 1 aromatic carbocycles. The molecular formula is C15H17Cl2NO4S. The number of aliphatic hydroxyl groups excluding tert-OH is 1. The summed E-state index contributed by atoms with van der Waals surface area (Å²) < 4.78 is 33.2. The topological polar surface area (TPSA) is 75.6 Å². The Kier molecular flexibility index (Phi) is 4.40. The van der Waals surface area contributed by atoms with Gasteiger partial charge in [0.1, 0.15) is 10.7 Å². The number of benzene rings is 1.